The first-order valence-electron chi connectivity index (χ1n) is 11.5. The molecular weight excluding hydrogens is 446 g/mol. The number of nitrogens with zero attached hydrogens (tertiary/aromatic N) is 1. The number of methoxy groups -OCH3 is 2. The van der Waals surface area contributed by atoms with E-state index in [1.807, 2.05) is 61.5 Å². The summed E-state index contributed by atoms with van der Waals surface area (Å²) < 4.78 is 16.6. The van der Waals surface area contributed by atoms with E-state index in [0.717, 1.165) is 22.4 Å². The van der Waals surface area contributed by atoms with E-state index in [0.29, 0.717) is 23.9 Å². The van der Waals surface area contributed by atoms with Crippen LogP contribution in [0.1, 0.15) is 36.0 Å². The molecule has 1 aliphatic heterocycles. The molecule has 0 spiro atoms. The average molecular weight is 476 g/mol. The molecule has 35 heavy (non-hydrogen) atoms. The first-order chi connectivity index (χ1) is 16.9. The number of carbonyl (C=O) groups excluding carboxylic acids is 1. The molecule has 1 amide bonds. The fourth-order valence-corrected chi connectivity index (χ4v) is 4.62. The molecule has 0 aliphatic carbocycles. The van der Waals surface area contributed by atoms with Gasteiger partial charge in [0.1, 0.15) is 12.4 Å². The van der Waals surface area contributed by atoms with Crippen molar-refractivity contribution in [2.75, 3.05) is 19.1 Å². The third-order valence-electron chi connectivity index (χ3n) is 6.36. The van der Waals surface area contributed by atoms with Gasteiger partial charge in [0, 0.05) is 17.6 Å². The van der Waals surface area contributed by atoms with Gasteiger partial charge in [-0.1, -0.05) is 36.4 Å². The summed E-state index contributed by atoms with van der Waals surface area (Å²) in [6.07, 6.45) is 0.0760. The van der Waals surface area contributed by atoms with Crippen molar-refractivity contribution in [2.24, 2.45) is 0 Å². The molecule has 4 rings (SSSR count). The number of benzene rings is 3. The molecule has 7 heteroatoms. The molecule has 7 nitrogen and oxygen atoms in total. The lowest BCUT2D eigenvalue weighted by atomic mass is 9.92. The minimum absolute atomic E-state index is 0.0730. The van der Waals surface area contributed by atoms with E-state index < -0.39 is 5.97 Å². The van der Waals surface area contributed by atoms with E-state index in [4.69, 9.17) is 14.2 Å². The molecule has 0 saturated carbocycles. The fourth-order valence-electron chi connectivity index (χ4n) is 4.62. The average Bonchev–Trinajstić information content (AvgIpc) is 3.13. The first kappa shape index (κ1) is 24.1. The van der Waals surface area contributed by atoms with Gasteiger partial charge >= 0.3 is 5.97 Å². The van der Waals surface area contributed by atoms with Crippen LogP contribution < -0.4 is 19.1 Å². The number of rotatable bonds is 9. The molecule has 0 radical (unpaired) electrons. The van der Waals surface area contributed by atoms with E-state index >= 15 is 0 Å². The quantitative estimate of drug-likeness (QED) is 0.478. The second-order valence-corrected chi connectivity index (χ2v) is 8.57. The normalized spacial score (nSPS) is 16.5. The largest absolute Gasteiger partial charge is 0.493 e. The van der Waals surface area contributed by atoms with Crippen molar-refractivity contribution in [3.8, 4) is 17.2 Å². The predicted octanol–water partition coefficient (Wildman–Crippen LogP) is 4.82. The van der Waals surface area contributed by atoms with Gasteiger partial charge in [-0.3, -0.25) is 9.59 Å². The van der Waals surface area contributed by atoms with Crippen LogP contribution in [0.3, 0.4) is 0 Å². The Labute approximate surface area is 204 Å². The molecule has 0 saturated heterocycles. The van der Waals surface area contributed by atoms with Crippen LogP contribution in [0.2, 0.25) is 0 Å². The Morgan fingerprint density at radius 1 is 0.914 bits per heavy atom. The number of aliphatic carboxylic acids is 1. The first-order valence-corrected chi connectivity index (χ1v) is 11.5. The number of hydrogen-bond acceptors (Lipinski definition) is 5. The van der Waals surface area contributed by atoms with Crippen LogP contribution in [0, 0.1) is 0 Å². The molecule has 2 unspecified atom stereocenters. The van der Waals surface area contributed by atoms with Crippen molar-refractivity contribution in [2.45, 2.75) is 38.3 Å². The highest BCUT2D eigenvalue weighted by atomic mass is 16.5. The topological polar surface area (TPSA) is 85.3 Å². The number of anilines is 1. The summed E-state index contributed by atoms with van der Waals surface area (Å²) in [5.41, 5.74) is 3.36. The number of amides is 1. The van der Waals surface area contributed by atoms with Crippen LogP contribution in [0.4, 0.5) is 5.69 Å². The minimum Gasteiger partial charge on any atom is -0.493 e. The van der Waals surface area contributed by atoms with Crippen LogP contribution >= 0.6 is 0 Å². The highest BCUT2D eigenvalue weighted by Gasteiger charge is 2.40. The summed E-state index contributed by atoms with van der Waals surface area (Å²) in [5.74, 6) is 0.431. The lowest BCUT2D eigenvalue weighted by Crippen LogP contribution is -2.38. The smallest absolute Gasteiger partial charge is 0.304 e. The van der Waals surface area contributed by atoms with Crippen LogP contribution in [-0.4, -0.2) is 37.2 Å². The van der Waals surface area contributed by atoms with Gasteiger partial charge in [0.2, 0.25) is 5.91 Å². The maximum Gasteiger partial charge on any atom is 0.304 e. The van der Waals surface area contributed by atoms with Crippen LogP contribution in [0.15, 0.2) is 66.7 Å². The zero-order chi connectivity index (χ0) is 24.9. The lowest BCUT2D eigenvalue weighted by Gasteiger charge is -2.25. The summed E-state index contributed by atoms with van der Waals surface area (Å²) >= 11 is 0. The van der Waals surface area contributed by atoms with Gasteiger partial charge in [-0.2, -0.15) is 0 Å². The van der Waals surface area contributed by atoms with Gasteiger partial charge in [0.15, 0.2) is 11.5 Å². The second-order valence-electron chi connectivity index (χ2n) is 8.57. The maximum absolute atomic E-state index is 13.4. The zero-order valence-electron chi connectivity index (χ0n) is 20.1. The van der Waals surface area contributed by atoms with Gasteiger partial charge in [-0.15, -0.1) is 0 Å². The standard InChI is InChI=1S/C28H29NO6/c1-18-22(16-28(31)32)23-15-21(35-17-19-7-5-4-6-8-19)10-11-24(23)29(18)27(30)14-20-9-12-25(33-2)26(13-20)34-3/h4-13,15,18,22H,14,16-17H2,1-3H3,(H,31,32). The Morgan fingerprint density at radius 2 is 1.66 bits per heavy atom. The molecule has 1 N–H and O–H groups in total. The summed E-state index contributed by atoms with van der Waals surface area (Å²) in [6.45, 7) is 2.30. The Kier molecular flexibility index (Phi) is 7.25. The van der Waals surface area contributed by atoms with Crippen molar-refractivity contribution in [1.82, 2.24) is 0 Å². The monoisotopic (exact) mass is 475 g/mol. The van der Waals surface area contributed by atoms with Crippen LogP contribution in [0.5, 0.6) is 17.2 Å². The summed E-state index contributed by atoms with van der Waals surface area (Å²) in [7, 11) is 3.11. The van der Waals surface area contributed by atoms with Crippen molar-refractivity contribution >= 4 is 17.6 Å². The van der Waals surface area contributed by atoms with E-state index in [1.165, 1.54) is 0 Å². The van der Waals surface area contributed by atoms with Gasteiger partial charge in [-0.05, 0) is 53.9 Å². The summed E-state index contributed by atoms with van der Waals surface area (Å²) in [6, 6.07) is 20.4. The number of hydrogen-bond donors (Lipinski definition) is 1. The molecular formula is C28H29NO6. The van der Waals surface area contributed by atoms with E-state index in [9.17, 15) is 14.7 Å². The molecule has 1 aliphatic rings. The van der Waals surface area contributed by atoms with Gasteiger partial charge in [-0.25, -0.2) is 0 Å². The van der Waals surface area contributed by atoms with Gasteiger partial charge in [0.05, 0.1) is 27.1 Å². The zero-order valence-corrected chi connectivity index (χ0v) is 20.1. The van der Waals surface area contributed by atoms with Crippen LogP contribution in [0.25, 0.3) is 0 Å². The predicted molar refractivity (Wildman–Crippen MR) is 132 cm³/mol. The second kappa shape index (κ2) is 10.5. The van der Waals surface area contributed by atoms with Crippen molar-refractivity contribution in [3.05, 3.63) is 83.4 Å². The number of ether oxygens (including phenoxy) is 3. The van der Waals surface area contributed by atoms with Crippen LogP contribution in [-0.2, 0) is 22.6 Å². The molecule has 0 aromatic heterocycles. The molecule has 3 aromatic rings. The lowest BCUT2D eigenvalue weighted by molar-refractivity contribution is -0.137. The van der Waals surface area contributed by atoms with E-state index in [2.05, 4.69) is 0 Å². The molecule has 0 bridgehead atoms. The Morgan fingerprint density at radius 3 is 2.34 bits per heavy atom. The number of carboxylic acid groups (broad SMARTS) is 1. The van der Waals surface area contributed by atoms with Crippen molar-refractivity contribution in [3.63, 3.8) is 0 Å². The summed E-state index contributed by atoms with van der Waals surface area (Å²) in [4.78, 5) is 26.8. The Bertz CT molecular complexity index is 1210. The maximum atomic E-state index is 13.4. The number of carbonyl (C=O) groups is 2. The Balaban J connectivity index is 1.59. The third-order valence-corrected chi connectivity index (χ3v) is 6.36. The fraction of sp³-hybridized carbons (Fsp3) is 0.286. The van der Waals surface area contributed by atoms with E-state index in [-0.39, 0.29) is 30.7 Å². The summed E-state index contributed by atoms with van der Waals surface area (Å²) in [5, 5.41) is 9.55. The number of fused-ring (bicyclic) bond motifs is 1. The molecule has 0 fully saturated rings. The minimum atomic E-state index is -0.905. The molecule has 2 atom stereocenters. The van der Waals surface area contributed by atoms with E-state index in [1.54, 1.807) is 31.3 Å². The SMILES string of the molecule is COc1ccc(CC(=O)N2c3ccc(OCc4ccccc4)cc3C(CC(=O)O)C2C)cc1OC. The van der Waals surface area contributed by atoms with Crippen molar-refractivity contribution in [1.29, 1.82) is 0 Å². The molecule has 1 heterocycles. The Hall–Kier alpha value is -4.00. The number of carboxylic acids is 1. The molecule has 3 aromatic carbocycles. The highest BCUT2D eigenvalue weighted by molar-refractivity contribution is 5.98. The third kappa shape index (κ3) is 5.24. The van der Waals surface area contributed by atoms with Gasteiger partial charge in [0.25, 0.3) is 0 Å². The van der Waals surface area contributed by atoms with Gasteiger partial charge < -0.3 is 24.2 Å². The highest BCUT2D eigenvalue weighted by Crippen LogP contribution is 2.45. The van der Waals surface area contributed by atoms with Crippen molar-refractivity contribution < 1.29 is 28.9 Å². The molecule has 182 valence electrons.